The highest BCUT2D eigenvalue weighted by atomic mass is 31.2. The SMILES string of the molecule is CCOP(=O)(O)c1ccc(OC)cc1. The Hall–Kier alpha value is -0.830. The summed E-state index contributed by atoms with van der Waals surface area (Å²) in [6.07, 6.45) is 0. The van der Waals surface area contributed by atoms with Crippen LogP contribution < -0.4 is 10.0 Å². The number of hydrogen-bond donors (Lipinski definition) is 1. The predicted molar refractivity (Wildman–Crippen MR) is 54.1 cm³/mol. The highest BCUT2D eigenvalue weighted by molar-refractivity contribution is 7.61. The van der Waals surface area contributed by atoms with E-state index in [9.17, 15) is 9.46 Å². The van der Waals surface area contributed by atoms with Gasteiger partial charge in [-0.05, 0) is 31.2 Å². The third-order valence-electron chi connectivity index (χ3n) is 1.70. The van der Waals surface area contributed by atoms with Crippen molar-refractivity contribution in [3.05, 3.63) is 24.3 Å². The van der Waals surface area contributed by atoms with Gasteiger partial charge < -0.3 is 14.2 Å². The van der Waals surface area contributed by atoms with Crippen LogP contribution in [0, 0.1) is 0 Å². The first-order valence-corrected chi connectivity index (χ1v) is 5.80. The zero-order valence-electron chi connectivity index (χ0n) is 8.14. The quantitative estimate of drug-likeness (QED) is 0.775. The molecule has 0 saturated carbocycles. The van der Waals surface area contributed by atoms with E-state index in [1.54, 1.807) is 19.1 Å². The summed E-state index contributed by atoms with van der Waals surface area (Å²) in [6.45, 7) is 1.88. The van der Waals surface area contributed by atoms with Gasteiger partial charge in [-0.2, -0.15) is 0 Å². The Morgan fingerprint density at radius 2 is 1.93 bits per heavy atom. The van der Waals surface area contributed by atoms with Crippen LogP contribution >= 0.6 is 7.60 Å². The van der Waals surface area contributed by atoms with Crippen molar-refractivity contribution in [1.29, 1.82) is 0 Å². The molecular weight excluding hydrogens is 203 g/mol. The molecule has 0 aromatic heterocycles. The van der Waals surface area contributed by atoms with E-state index in [-0.39, 0.29) is 11.9 Å². The lowest BCUT2D eigenvalue weighted by Gasteiger charge is -2.10. The van der Waals surface area contributed by atoms with Gasteiger partial charge >= 0.3 is 7.60 Å². The van der Waals surface area contributed by atoms with E-state index in [4.69, 9.17) is 9.26 Å². The first kappa shape index (κ1) is 11.2. The molecule has 0 bridgehead atoms. The molecule has 0 radical (unpaired) electrons. The van der Waals surface area contributed by atoms with Crippen LogP contribution in [-0.2, 0) is 9.09 Å². The Labute approximate surface area is 83.0 Å². The van der Waals surface area contributed by atoms with Gasteiger partial charge in [-0.25, -0.2) is 0 Å². The van der Waals surface area contributed by atoms with E-state index in [0.29, 0.717) is 5.75 Å². The summed E-state index contributed by atoms with van der Waals surface area (Å²) in [5.41, 5.74) is 0. The normalized spacial score (nSPS) is 14.8. The minimum atomic E-state index is -3.63. The van der Waals surface area contributed by atoms with Gasteiger partial charge in [0, 0.05) is 0 Å². The molecule has 0 amide bonds. The van der Waals surface area contributed by atoms with Gasteiger partial charge in [-0.3, -0.25) is 4.57 Å². The van der Waals surface area contributed by atoms with Crippen LogP contribution in [0.25, 0.3) is 0 Å². The molecule has 0 fully saturated rings. The van der Waals surface area contributed by atoms with E-state index < -0.39 is 7.60 Å². The van der Waals surface area contributed by atoms with E-state index in [1.165, 1.54) is 19.2 Å². The molecule has 0 aliphatic rings. The molecule has 1 atom stereocenters. The van der Waals surface area contributed by atoms with Gasteiger partial charge in [0.1, 0.15) is 5.75 Å². The minimum Gasteiger partial charge on any atom is -0.497 e. The lowest BCUT2D eigenvalue weighted by molar-refractivity contribution is 0.284. The van der Waals surface area contributed by atoms with Crippen molar-refractivity contribution in [2.75, 3.05) is 13.7 Å². The van der Waals surface area contributed by atoms with Gasteiger partial charge in [0.2, 0.25) is 0 Å². The Bertz CT molecular complexity index is 333. The molecular formula is C9H13O4P. The van der Waals surface area contributed by atoms with Crippen molar-refractivity contribution >= 4 is 12.9 Å². The van der Waals surface area contributed by atoms with E-state index in [0.717, 1.165) is 0 Å². The van der Waals surface area contributed by atoms with Gasteiger partial charge in [0.25, 0.3) is 0 Å². The molecule has 5 heteroatoms. The summed E-state index contributed by atoms with van der Waals surface area (Å²) in [6, 6.07) is 6.29. The number of hydrogen-bond acceptors (Lipinski definition) is 3. The topological polar surface area (TPSA) is 55.8 Å². The Morgan fingerprint density at radius 3 is 2.36 bits per heavy atom. The third-order valence-corrected chi connectivity index (χ3v) is 3.26. The maximum atomic E-state index is 11.5. The Morgan fingerprint density at radius 1 is 1.36 bits per heavy atom. The van der Waals surface area contributed by atoms with Crippen LogP contribution in [0.5, 0.6) is 5.75 Å². The smallest absolute Gasteiger partial charge is 0.358 e. The number of benzene rings is 1. The fourth-order valence-corrected chi connectivity index (χ4v) is 2.05. The lowest BCUT2D eigenvalue weighted by atomic mass is 10.3. The van der Waals surface area contributed by atoms with E-state index in [2.05, 4.69) is 0 Å². The molecule has 4 nitrogen and oxygen atoms in total. The Balaban J connectivity index is 2.91. The van der Waals surface area contributed by atoms with E-state index >= 15 is 0 Å². The first-order valence-electron chi connectivity index (χ1n) is 4.22. The van der Waals surface area contributed by atoms with Gasteiger partial charge in [0.15, 0.2) is 0 Å². The lowest BCUT2D eigenvalue weighted by Crippen LogP contribution is -2.06. The van der Waals surface area contributed by atoms with Crippen molar-refractivity contribution in [3.8, 4) is 5.75 Å². The average Bonchev–Trinajstić information content (AvgIpc) is 2.18. The monoisotopic (exact) mass is 216 g/mol. The zero-order valence-corrected chi connectivity index (χ0v) is 9.03. The van der Waals surface area contributed by atoms with Crippen LogP contribution in [0.2, 0.25) is 0 Å². The number of ether oxygens (including phenoxy) is 1. The molecule has 1 unspecified atom stereocenters. The predicted octanol–water partition coefficient (Wildman–Crippen LogP) is 1.54. The minimum absolute atomic E-state index is 0.208. The molecule has 0 heterocycles. The molecule has 1 aromatic rings. The maximum absolute atomic E-state index is 11.5. The van der Waals surface area contributed by atoms with Crippen LogP contribution in [-0.4, -0.2) is 18.6 Å². The Kier molecular flexibility index (Phi) is 3.69. The second-order valence-corrected chi connectivity index (χ2v) is 4.45. The fraction of sp³-hybridized carbons (Fsp3) is 0.333. The summed E-state index contributed by atoms with van der Waals surface area (Å²) in [5, 5.41) is 0.278. The molecule has 0 spiro atoms. The van der Waals surface area contributed by atoms with Crippen molar-refractivity contribution in [2.45, 2.75) is 6.92 Å². The second-order valence-electron chi connectivity index (χ2n) is 2.64. The molecule has 0 aliphatic heterocycles. The van der Waals surface area contributed by atoms with Crippen LogP contribution in [0.4, 0.5) is 0 Å². The van der Waals surface area contributed by atoms with Gasteiger partial charge in [-0.15, -0.1) is 0 Å². The van der Waals surface area contributed by atoms with Crippen LogP contribution in [0.15, 0.2) is 24.3 Å². The summed E-state index contributed by atoms with van der Waals surface area (Å²) in [7, 11) is -2.09. The molecule has 0 saturated heterocycles. The van der Waals surface area contributed by atoms with Crippen LogP contribution in [0.3, 0.4) is 0 Å². The van der Waals surface area contributed by atoms with Gasteiger partial charge in [0.05, 0.1) is 19.0 Å². The maximum Gasteiger partial charge on any atom is 0.358 e. The van der Waals surface area contributed by atoms with Crippen LogP contribution in [0.1, 0.15) is 6.92 Å². The molecule has 1 rings (SSSR count). The van der Waals surface area contributed by atoms with E-state index in [1.807, 2.05) is 0 Å². The molecule has 1 N–H and O–H groups in total. The first-order chi connectivity index (χ1) is 6.60. The van der Waals surface area contributed by atoms with Crippen molar-refractivity contribution < 1.29 is 18.7 Å². The summed E-state index contributed by atoms with van der Waals surface area (Å²) < 4.78 is 21.2. The molecule has 0 aliphatic carbocycles. The summed E-state index contributed by atoms with van der Waals surface area (Å²) in [4.78, 5) is 9.44. The highest BCUT2D eigenvalue weighted by Gasteiger charge is 2.21. The zero-order chi connectivity index (χ0) is 10.6. The second kappa shape index (κ2) is 4.60. The number of rotatable bonds is 4. The standard InChI is InChI=1S/C9H13O4P/c1-3-13-14(10,11)9-6-4-8(12-2)5-7-9/h4-7H,3H2,1-2H3,(H,10,11). The van der Waals surface area contributed by atoms with Crippen molar-refractivity contribution in [2.24, 2.45) is 0 Å². The highest BCUT2D eigenvalue weighted by Crippen LogP contribution is 2.40. The molecule has 1 aromatic carbocycles. The molecule has 78 valence electrons. The average molecular weight is 216 g/mol. The third kappa shape index (κ3) is 2.58. The molecule has 14 heavy (non-hydrogen) atoms. The largest absolute Gasteiger partial charge is 0.497 e. The fourth-order valence-electron chi connectivity index (χ4n) is 1.02. The van der Waals surface area contributed by atoms with Crippen molar-refractivity contribution in [3.63, 3.8) is 0 Å². The summed E-state index contributed by atoms with van der Waals surface area (Å²) in [5.74, 6) is 0.644. The summed E-state index contributed by atoms with van der Waals surface area (Å²) >= 11 is 0. The number of methoxy groups -OCH3 is 1. The van der Waals surface area contributed by atoms with Gasteiger partial charge in [-0.1, -0.05) is 0 Å². The van der Waals surface area contributed by atoms with Crippen molar-refractivity contribution in [1.82, 2.24) is 0 Å².